The molecule has 2 atom stereocenters. The van der Waals surface area contributed by atoms with Gasteiger partial charge in [-0.15, -0.1) is 0 Å². The second-order valence-electron chi connectivity index (χ2n) is 8.50. The largest absolute Gasteiger partial charge is 0.507 e. The summed E-state index contributed by atoms with van der Waals surface area (Å²) in [4.78, 5) is 0. The molecule has 3 N–H and O–H groups in total. The van der Waals surface area contributed by atoms with Gasteiger partial charge >= 0.3 is 0 Å². The summed E-state index contributed by atoms with van der Waals surface area (Å²) in [5, 5.41) is 32.0. The van der Waals surface area contributed by atoms with Crippen LogP contribution in [0.3, 0.4) is 0 Å². The van der Waals surface area contributed by atoms with Gasteiger partial charge in [0, 0.05) is 22.1 Å². The molecule has 0 heterocycles. The zero-order chi connectivity index (χ0) is 17.2. The summed E-state index contributed by atoms with van der Waals surface area (Å²) in [6, 6.07) is 0. The third kappa shape index (κ3) is 2.09. The lowest BCUT2D eigenvalue weighted by Gasteiger charge is -2.52. The molecule has 23 heavy (non-hydrogen) atoms. The van der Waals surface area contributed by atoms with Crippen molar-refractivity contribution in [3.05, 3.63) is 22.8 Å². The molecule has 0 amide bonds. The summed E-state index contributed by atoms with van der Waals surface area (Å²) in [6.07, 6.45) is 7.32. The van der Waals surface area contributed by atoms with Crippen LogP contribution in [-0.2, 0) is 5.41 Å². The number of fused-ring (bicyclic) bond motifs is 3. The molecule has 0 spiro atoms. The van der Waals surface area contributed by atoms with Crippen molar-refractivity contribution in [1.29, 1.82) is 0 Å². The van der Waals surface area contributed by atoms with Crippen LogP contribution in [0.15, 0.2) is 6.08 Å². The van der Waals surface area contributed by atoms with Gasteiger partial charge in [-0.2, -0.15) is 0 Å². The zero-order valence-electron chi connectivity index (χ0n) is 14.8. The van der Waals surface area contributed by atoms with E-state index in [0.717, 1.165) is 24.8 Å². The highest BCUT2D eigenvalue weighted by Gasteiger charge is 2.50. The van der Waals surface area contributed by atoms with E-state index in [4.69, 9.17) is 0 Å². The first-order valence-electron chi connectivity index (χ1n) is 8.60. The molecule has 1 saturated carbocycles. The van der Waals surface area contributed by atoms with Crippen LogP contribution in [0.25, 0.3) is 6.08 Å². The molecule has 1 aromatic rings. The maximum absolute atomic E-state index is 10.8. The average Bonchev–Trinajstić information content (AvgIpc) is 2.43. The Morgan fingerprint density at radius 1 is 1.00 bits per heavy atom. The second kappa shape index (κ2) is 4.93. The molecule has 0 saturated heterocycles. The predicted molar refractivity (Wildman–Crippen MR) is 93.0 cm³/mol. The Labute approximate surface area is 138 Å². The summed E-state index contributed by atoms with van der Waals surface area (Å²) in [5.74, 6) is 0.134. The fraction of sp³-hybridized carbons (Fsp3) is 0.600. The Balaban J connectivity index is 2.32. The summed E-state index contributed by atoms with van der Waals surface area (Å²) in [7, 11) is 0. The first kappa shape index (κ1) is 16.2. The smallest absolute Gasteiger partial charge is 0.165 e. The summed E-state index contributed by atoms with van der Waals surface area (Å²) in [6.45, 7) is 10.5. The molecular weight excluding hydrogens is 288 g/mol. The standard InChI is InChI=1S/C20H28O3/c1-11(2)14-16(21)12-7-8-13-19(3,4)9-6-10-20(13,5)15(12)18(23)17(14)22/h7-8,11,13,21-23H,6,9-10H2,1-5H3/t13-,20-/m1/s1. The highest BCUT2D eigenvalue weighted by molar-refractivity contribution is 5.75. The third-order valence-electron chi connectivity index (χ3n) is 6.15. The lowest BCUT2D eigenvalue weighted by atomic mass is 9.52. The van der Waals surface area contributed by atoms with Gasteiger partial charge in [-0.3, -0.25) is 0 Å². The lowest BCUT2D eigenvalue weighted by Crippen LogP contribution is -2.45. The molecule has 0 aliphatic heterocycles. The predicted octanol–water partition coefficient (Wildman–Crippen LogP) is 5.04. The summed E-state index contributed by atoms with van der Waals surface area (Å²) < 4.78 is 0. The Morgan fingerprint density at radius 3 is 2.26 bits per heavy atom. The van der Waals surface area contributed by atoms with Crippen molar-refractivity contribution in [3.8, 4) is 17.2 Å². The fourth-order valence-corrected chi connectivity index (χ4v) is 5.07. The molecule has 126 valence electrons. The van der Waals surface area contributed by atoms with Crippen molar-refractivity contribution in [3.63, 3.8) is 0 Å². The SMILES string of the molecule is CC(C)c1c(O)c(O)c2c(c1O)C=C[C@@H]1C(C)(C)CCC[C@@]21C. The van der Waals surface area contributed by atoms with Crippen LogP contribution in [0.1, 0.15) is 76.5 Å². The Kier molecular flexibility index (Phi) is 3.48. The Hall–Kier alpha value is -1.64. The van der Waals surface area contributed by atoms with Crippen LogP contribution < -0.4 is 0 Å². The minimum atomic E-state index is -0.264. The van der Waals surface area contributed by atoms with Crippen molar-refractivity contribution in [2.24, 2.45) is 11.3 Å². The van der Waals surface area contributed by atoms with E-state index in [9.17, 15) is 15.3 Å². The second-order valence-corrected chi connectivity index (χ2v) is 8.50. The van der Waals surface area contributed by atoms with Crippen LogP contribution in [-0.4, -0.2) is 15.3 Å². The lowest BCUT2D eigenvalue weighted by molar-refractivity contribution is 0.0885. The van der Waals surface area contributed by atoms with Gasteiger partial charge in [0.1, 0.15) is 5.75 Å². The minimum Gasteiger partial charge on any atom is -0.507 e. The Morgan fingerprint density at radius 2 is 1.65 bits per heavy atom. The van der Waals surface area contributed by atoms with Crippen LogP contribution in [0.4, 0.5) is 0 Å². The number of rotatable bonds is 1. The molecule has 0 unspecified atom stereocenters. The van der Waals surface area contributed by atoms with Crippen molar-refractivity contribution >= 4 is 6.08 Å². The number of phenolic OH excluding ortho intramolecular Hbond substituents is 3. The normalized spacial score (nSPS) is 28.5. The third-order valence-corrected chi connectivity index (χ3v) is 6.15. The van der Waals surface area contributed by atoms with Gasteiger partial charge in [-0.1, -0.05) is 53.2 Å². The first-order chi connectivity index (χ1) is 10.6. The van der Waals surface area contributed by atoms with Crippen molar-refractivity contribution in [1.82, 2.24) is 0 Å². The van der Waals surface area contributed by atoms with E-state index in [-0.39, 0.29) is 39.9 Å². The molecule has 0 bridgehead atoms. The molecule has 0 radical (unpaired) electrons. The minimum absolute atomic E-state index is 0.0453. The molecular formula is C20H28O3. The van der Waals surface area contributed by atoms with Crippen molar-refractivity contribution < 1.29 is 15.3 Å². The number of hydrogen-bond acceptors (Lipinski definition) is 3. The molecule has 2 aliphatic rings. The van der Waals surface area contributed by atoms with E-state index in [1.54, 1.807) is 0 Å². The van der Waals surface area contributed by atoms with E-state index in [2.05, 4.69) is 26.8 Å². The summed E-state index contributed by atoms with van der Waals surface area (Å²) >= 11 is 0. The maximum Gasteiger partial charge on any atom is 0.165 e. The highest BCUT2D eigenvalue weighted by atomic mass is 16.3. The first-order valence-corrected chi connectivity index (χ1v) is 8.60. The molecule has 1 fully saturated rings. The highest BCUT2D eigenvalue weighted by Crippen LogP contribution is 2.61. The van der Waals surface area contributed by atoms with Gasteiger partial charge in [-0.25, -0.2) is 0 Å². The molecule has 3 rings (SSSR count). The van der Waals surface area contributed by atoms with E-state index in [1.807, 2.05) is 19.9 Å². The van der Waals surface area contributed by atoms with Crippen molar-refractivity contribution in [2.45, 2.75) is 65.2 Å². The van der Waals surface area contributed by atoms with Gasteiger partial charge in [0.05, 0.1) is 0 Å². The molecule has 3 nitrogen and oxygen atoms in total. The number of phenols is 3. The number of benzene rings is 1. The topological polar surface area (TPSA) is 60.7 Å². The number of allylic oxidation sites excluding steroid dienone is 1. The van der Waals surface area contributed by atoms with E-state index >= 15 is 0 Å². The molecule has 3 heteroatoms. The Bertz CT molecular complexity index is 685. The van der Waals surface area contributed by atoms with Crippen LogP contribution in [0, 0.1) is 11.3 Å². The van der Waals surface area contributed by atoms with Gasteiger partial charge in [-0.05, 0) is 30.1 Å². The number of aromatic hydroxyl groups is 3. The quantitative estimate of drug-likeness (QED) is 0.502. The van der Waals surface area contributed by atoms with Crippen LogP contribution in [0.5, 0.6) is 17.2 Å². The van der Waals surface area contributed by atoms with Gasteiger partial charge in [0.15, 0.2) is 11.5 Å². The zero-order valence-corrected chi connectivity index (χ0v) is 14.8. The average molecular weight is 316 g/mol. The number of hydrogen-bond donors (Lipinski definition) is 3. The van der Waals surface area contributed by atoms with Gasteiger partial charge in [0.2, 0.25) is 0 Å². The molecule has 0 aromatic heterocycles. The maximum atomic E-state index is 10.8. The molecule has 1 aromatic carbocycles. The van der Waals surface area contributed by atoms with E-state index < -0.39 is 0 Å². The van der Waals surface area contributed by atoms with Crippen LogP contribution in [0.2, 0.25) is 0 Å². The summed E-state index contributed by atoms with van der Waals surface area (Å²) in [5.41, 5.74) is 1.70. The van der Waals surface area contributed by atoms with E-state index in [0.29, 0.717) is 11.1 Å². The van der Waals surface area contributed by atoms with Gasteiger partial charge in [0.25, 0.3) is 0 Å². The monoisotopic (exact) mass is 316 g/mol. The van der Waals surface area contributed by atoms with Crippen molar-refractivity contribution in [2.75, 3.05) is 0 Å². The van der Waals surface area contributed by atoms with E-state index in [1.165, 1.54) is 0 Å². The van der Waals surface area contributed by atoms with Gasteiger partial charge < -0.3 is 15.3 Å². The fourth-order valence-electron chi connectivity index (χ4n) is 5.07. The molecule has 2 aliphatic carbocycles. The van der Waals surface area contributed by atoms with Crippen LogP contribution >= 0.6 is 0 Å².